The highest BCUT2D eigenvalue weighted by Gasteiger charge is 2.89. The summed E-state index contributed by atoms with van der Waals surface area (Å²) in [5.74, 6) is -3.16. The molecule has 8 atom stereocenters. The Bertz CT molecular complexity index is 1040. The summed E-state index contributed by atoms with van der Waals surface area (Å²) in [6, 6.07) is 0. The van der Waals surface area contributed by atoms with Gasteiger partial charge in [0.25, 0.3) is 0 Å². The topological polar surface area (TPSA) is 105 Å². The summed E-state index contributed by atoms with van der Waals surface area (Å²) in [7, 11) is -4.26. The molecule has 2 heterocycles. The van der Waals surface area contributed by atoms with E-state index in [0.717, 1.165) is 0 Å². The zero-order valence-corrected chi connectivity index (χ0v) is 25.1. The molecule has 0 N–H and O–H groups in total. The Morgan fingerprint density at radius 3 is 0.730 bits per heavy atom. The third kappa shape index (κ3) is 2.18. The van der Waals surface area contributed by atoms with E-state index < -0.39 is 76.8 Å². The Kier molecular flexibility index (Phi) is 4.26. The maximum atomic E-state index is 13.9. The quantitative estimate of drug-likeness (QED) is 0.437. The van der Waals surface area contributed by atoms with Gasteiger partial charge >= 0.3 is 9.05 Å². The molecule has 4 saturated carbocycles. The van der Waals surface area contributed by atoms with Crippen LogP contribution in [0.25, 0.3) is 0 Å². The van der Waals surface area contributed by atoms with Crippen molar-refractivity contribution in [2.45, 2.75) is 105 Å². The maximum Gasteiger partial charge on any atom is 0.681 e. The summed E-state index contributed by atoms with van der Waals surface area (Å²) in [4.78, 5) is 55.6. The van der Waals surface area contributed by atoms with Crippen LogP contribution < -0.4 is 0 Å². The Balaban J connectivity index is 1.65. The van der Waals surface area contributed by atoms with Crippen molar-refractivity contribution in [1.82, 2.24) is 0 Å². The Morgan fingerprint density at radius 1 is 0.405 bits per heavy atom. The third-order valence-corrected chi connectivity index (χ3v) is 15.6. The van der Waals surface area contributed by atoms with Gasteiger partial charge in [-0.3, -0.25) is 19.2 Å². The molecule has 0 radical (unpaired) electrons. The van der Waals surface area contributed by atoms with Gasteiger partial charge in [-0.2, -0.15) is 0 Å². The second-order valence-electron chi connectivity index (χ2n) is 15.2. The van der Waals surface area contributed by atoms with Gasteiger partial charge in [0.15, 0.2) is 0 Å². The molecule has 2 unspecified atom stereocenters. The van der Waals surface area contributed by atoms with Crippen LogP contribution in [0.3, 0.4) is 0 Å². The first kappa shape index (κ1) is 26.0. The average molecular weight is 533 g/mol. The van der Waals surface area contributed by atoms with Crippen molar-refractivity contribution in [2.24, 2.45) is 45.3 Å². The molecule has 8 nitrogen and oxygen atoms in total. The number of carbonyl (C=O) groups excluding carboxylic acids is 4. The van der Waals surface area contributed by atoms with Gasteiger partial charge in [-0.05, 0) is 27.7 Å². The molecule has 37 heavy (non-hydrogen) atoms. The van der Waals surface area contributed by atoms with Crippen LogP contribution in [0.5, 0.6) is 0 Å². The third-order valence-electron chi connectivity index (χ3n) is 12.9. The normalized spacial score (nSPS) is 55.7. The SMILES string of the molecule is CC1(C)C(=O)[C@H]2[C@@H]3C(=O)C(C)(C)[C@@]2(C)O[Si]2(OC31C)OC1(C)[C@H]3C(=O)C(C)(C)[C@@](C)(O2)[C@H]3C(=O)C1(C)C. The minimum absolute atomic E-state index is 0.0645. The second kappa shape index (κ2) is 6.07. The molecule has 0 aromatic heterocycles. The van der Waals surface area contributed by atoms with Gasteiger partial charge in [0, 0.05) is 0 Å². The molecule has 2 saturated heterocycles. The molecule has 0 amide bonds. The van der Waals surface area contributed by atoms with Crippen LogP contribution in [0.2, 0.25) is 0 Å². The fourth-order valence-electron chi connectivity index (χ4n) is 8.89. The molecule has 6 fully saturated rings. The lowest BCUT2D eigenvalue weighted by Gasteiger charge is -2.56. The van der Waals surface area contributed by atoms with E-state index in [1.54, 1.807) is 0 Å². The van der Waals surface area contributed by atoms with Gasteiger partial charge in [-0.1, -0.05) is 55.4 Å². The summed E-state index contributed by atoms with van der Waals surface area (Å²) < 4.78 is 27.8. The Morgan fingerprint density at radius 2 is 0.568 bits per heavy atom. The van der Waals surface area contributed by atoms with Crippen molar-refractivity contribution in [1.29, 1.82) is 0 Å². The average Bonchev–Trinajstić information content (AvgIpc) is 3.07. The zero-order chi connectivity index (χ0) is 27.9. The number of hydrogen-bond acceptors (Lipinski definition) is 8. The van der Waals surface area contributed by atoms with Gasteiger partial charge < -0.3 is 17.7 Å². The predicted octanol–water partition coefficient (Wildman–Crippen LogP) is 3.45. The molecule has 0 aromatic carbocycles. The van der Waals surface area contributed by atoms with Crippen LogP contribution in [0.15, 0.2) is 0 Å². The fraction of sp³-hybridized carbons (Fsp3) is 0.857. The maximum absolute atomic E-state index is 13.9. The fourth-order valence-corrected chi connectivity index (χ4v) is 12.8. The molecule has 6 aliphatic rings. The van der Waals surface area contributed by atoms with Gasteiger partial charge in [0.1, 0.15) is 23.1 Å². The van der Waals surface area contributed by atoms with Gasteiger partial charge in [0.2, 0.25) is 0 Å². The van der Waals surface area contributed by atoms with Crippen LogP contribution in [0.1, 0.15) is 83.1 Å². The monoisotopic (exact) mass is 532 g/mol. The number of rotatable bonds is 0. The van der Waals surface area contributed by atoms with Crippen molar-refractivity contribution >= 4 is 32.2 Å². The molecule has 204 valence electrons. The second-order valence-corrected chi connectivity index (χ2v) is 17.0. The van der Waals surface area contributed by atoms with Crippen molar-refractivity contribution in [3.05, 3.63) is 0 Å². The van der Waals surface area contributed by atoms with E-state index in [9.17, 15) is 19.2 Å². The summed E-state index contributed by atoms with van der Waals surface area (Å²) in [5.41, 5.74) is -9.12. The van der Waals surface area contributed by atoms with Crippen LogP contribution >= 0.6 is 0 Å². The summed E-state index contributed by atoms with van der Waals surface area (Å²) in [6.45, 7) is 21.8. The highest BCUT2D eigenvalue weighted by atomic mass is 28.4. The lowest BCUT2D eigenvalue weighted by molar-refractivity contribution is -0.230. The van der Waals surface area contributed by atoms with Crippen molar-refractivity contribution in [3.8, 4) is 0 Å². The Labute approximate surface area is 220 Å². The zero-order valence-electron chi connectivity index (χ0n) is 24.1. The van der Waals surface area contributed by atoms with Gasteiger partial charge in [-0.25, -0.2) is 0 Å². The highest BCUT2D eigenvalue weighted by molar-refractivity contribution is 6.55. The molecule has 1 spiro atoms. The van der Waals surface area contributed by atoms with Crippen molar-refractivity contribution in [3.63, 3.8) is 0 Å². The molecule has 8 bridgehead atoms. The van der Waals surface area contributed by atoms with Crippen molar-refractivity contribution in [2.75, 3.05) is 0 Å². The van der Waals surface area contributed by atoms with Crippen molar-refractivity contribution < 1.29 is 36.9 Å². The summed E-state index contributed by atoms with van der Waals surface area (Å²) >= 11 is 0. The lowest BCUT2D eigenvalue weighted by Crippen LogP contribution is -2.73. The van der Waals surface area contributed by atoms with Gasteiger partial charge in [0.05, 0.1) is 67.7 Å². The number of ketones is 4. The standard InChI is InChI=1S/C28H40O8Si/c1-21(2)17(29)13-14-18(30)22(3,4)26(13,10)34-37(33-25(14,21)9)35-27(11)16-15(19(31)23(27,5)6)28(12,36-37)24(7,8)20(16)32/h13-16H,1-12H3/t13-,14-,15-,16-,25+,26?,27+,28?,37?/m1/s1. The molecule has 9 heteroatoms. The van der Waals surface area contributed by atoms with Crippen LogP contribution in [0, 0.1) is 45.3 Å². The Hall–Kier alpha value is -1.26. The molecular weight excluding hydrogens is 492 g/mol. The first-order valence-electron chi connectivity index (χ1n) is 13.4. The highest BCUT2D eigenvalue weighted by Crippen LogP contribution is 2.73. The van der Waals surface area contributed by atoms with E-state index in [-0.39, 0.29) is 23.1 Å². The van der Waals surface area contributed by atoms with Crippen LogP contribution in [-0.2, 0) is 36.9 Å². The minimum Gasteiger partial charge on any atom is -0.344 e. The minimum atomic E-state index is -4.26. The van der Waals surface area contributed by atoms with Crippen LogP contribution in [0.4, 0.5) is 0 Å². The van der Waals surface area contributed by atoms with E-state index in [0.29, 0.717) is 0 Å². The van der Waals surface area contributed by atoms with Crippen LogP contribution in [-0.4, -0.2) is 54.6 Å². The predicted molar refractivity (Wildman–Crippen MR) is 133 cm³/mol. The number of carbonyl (C=O) groups is 4. The van der Waals surface area contributed by atoms with E-state index >= 15 is 0 Å². The summed E-state index contributed by atoms with van der Waals surface area (Å²) in [5, 5.41) is 0. The number of hydrogen-bond donors (Lipinski definition) is 0. The smallest absolute Gasteiger partial charge is 0.344 e. The molecule has 4 aliphatic carbocycles. The van der Waals surface area contributed by atoms with E-state index in [1.165, 1.54) is 0 Å². The molecule has 0 aromatic rings. The van der Waals surface area contributed by atoms with E-state index in [1.807, 2.05) is 83.1 Å². The summed E-state index contributed by atoms with van der Waals surface area (Å²) in [6.07, 6.45) is 0. The molecule has 2 aliphatic heterocycles. The number of Topliss-reactive ketones (excluding diaryl/α,β-unsaturated/α-hetero) is 4. The lowest BCUT2D eigenvalue weighted by atomic mass is 9.68. The largest absolute Gasteiger partial charge is 0.681 e. The molecule has 6 rings (SSSR count). The van der Waals surface area contributed by atoms with E-state index in [4.69, 9.17) is 17.7 Å². The first-order chi connectivity index (χ1) is 16.4. The van der Waals surface area contributed by atoms with E-state index in [2.05, 4.69) is 0 Å². The first-order valence-corrected chi connectivity index (χ1v) is 15.1. The molecular formula is C28H40O8Si. The van der Waals surface area contributed by atoms with Gasteiger partial charge in [-0.15, -0.1) is 0 Å².